The maximum atomic E-state index is 6.11. The minimum atomic E-state index is 0.160. The van der Waals surface area contributed by atoms with Crippen molar-refractivity contribution in [1.82, 2.24) is 0 Å². The smallest absolute Gasteiger partial charge is 0.0306 e. The van der Waals surface area contributed by atoms with E-state index in [0.717, 1.165) is 12.8 Å². The van der Waals surface area contributed by atoms with E-state index in [1.54, 1.807) is 0 Å². The lowest BCUT2D eigenvalue weighted by molar-refractivity contribution is 0.635. The topological polar surface area (TPSA) is 26.0 Å². The molecule has 1 unspecified atom stereocenters. The molecule has 14 heavy (non-hydrogen) atoms. The fourth-order valence-corrected chi connectivity index (χ4v) is 2.24. The van der Waals surface area contributed by atoms with Gasteiger partial charge in [0.05, 0.1) is 0 Å². The van der Waals surface area contributed by atoms with Gasteiger partial charge in [-0.1, -0.05) is 47.0 Å². The molecule has 0 aliphatic carbocycles. The van der Waals surface area contributed by atoms with Gasteiger partial charge in [-0.2, -0.15) is 0 Å². The first-order chi connectivity index (χ1) is 6.56. The summed E-state index contributed by atoms with van der Waals surface area (Å²) in [7, 11) is 0. The summed E-state index contributed by atoms with van der Waals surface area (Å²) < 4.78 is 1.17. The first kappa shape index (κ1) is 11.7. The zero-order valence-corrected chi connectivity index (χ0v) is 10.7. The Kier molecular flexibility index (Phi) is 4.14. The molecule has 0 saturated carbocycles. The zero-order valence-electron chi connectivity index (χ0n) is 9.10. The third-order valence-corrected chi connectivity index (χ3v) is 3.51. The molecule has 0 aromatic heterocycles. The van der Waals surface area contributed by atoms with Crippen molar-refractivity contribution in [3.05, 3.63) is 33.3 Å². The zero-order chi connectivity index (χ0) is 10.7. The van der Waals surface area contributed by atoms with Crippen LogP contribution < -0.4 is 5.73 Å². The minimum absolute atomic E-state index is 0.160. The largest absolute Gasteiger partial charge is 0.324 e. The van der Waals surface area contributed by atoms with Crippen LogP contribution in [0.1, 0.15) is 42.5 Å². The van der Waals surface area contributed by atoms with Crippen LogP contribution in [-0.4, -0.2) is 0 Å². The summed E-state index contributed by atoms with van der Waals surface area (Å²) in [6, 6.07) is 4.51. The van der Waals surface area contributed by atoms with E-state index >= 15 is 0 Å². The molecule has 0 radical (unpaired) electrons. The van der Waals surface area contributed by atoms with Crippen LogP contribution in [0, 0.1) is 13.8 Å². The second kappa shape index (κ2) is 4.94. The van der Waals surface area contributed by atoms with Gasteiger partial charge in [-0.15, -0.1) is 0 Å². The lowest BCUT2D eigenvalue weighted by Crippen LogP contribution is -2.11. The monoisotopic (exact) mass is 255 g/mol. The van der Waals surface area contributed by atoms with Crippen molar-refractivity contribution in [1.29, 1.82) is 0 Å². The molecule has 0 heterocycles. The van der Waals surface area contributed by atoms with Gasteiger partial charge in [-0.3, -0.25) is 0 Å². The van der Waals surface area contributed by atoms with Crippen molar-refractivity contribution in [2.45, 2.75) is 39.7 Å². The van der Waals surface area contributed by atoms with Gasteiger partial charge in [0.15, 0.2) is 0 Å². The van der Waals surface area contributed by atoms with Gasteiger partial charge >= 0.3 is 0 Å². The van der Waals surface area contributed by atoms with E-state index in [-0.39, 0.29) is 6.04 Å². The van der Waals surface area contributed by atoms with Crippen LogP contribution >= 0.6 is 15.9 Å². The third kappa shape index (κ3) is 2.58. The molecule has 0 aliphatic rings. The molecule has 0 fully saturated rings. The van der Waals surface area contributed by atoms with Gasteiger partial charge in [0, 0.05) is 10.5 Å². The summed E-state index contributed by atoms with van der Waals surface area (Å²) in [5, 5.41) is 0. The molecule has 0 saturated heterocycles. The fourth-order valence-electron chi connectivity index (χ4n) is 1.72. The molecule has 0 aliphatic heterocycles. The van der Waals surface area contributed by atoms with Gasteiger partial charge in [-0.25, -0.2) is 0 Å². The second-order valence-corrected chi connectivity index (χ2v) is 4.67. The Balaban J connectivity index is 3.07. The predicted molar refractivity (Wildman–Crippen MR) is 65.5 cm³/mol. The van der Waals surface area contributed by atoms with Crippen LogP contribution in [0.3, 0.4) is 0 Å². The molecule has 0 amide bonds. The Labute approximate surface area is 94.8 Å². The Morgan fingerprint density at radius 1 is 1.36 bits per heavy atom. The van der Waals surface area contributed by atoms with E-state index in [4.69, 9.17) is 5.73 Å². The van der Waals surface area contributed by atoms with Crippen LogP contribution in [-0.2, 0) is 0 Å². The molecular formula is C12H18BrN. The molecule has 2 heteroatoms. The number of hydrogen-bond acceptors (Lipinski definition) is 1. The highest BCUT2D eigenvalue weighted by Gasteiger charge is 2.10. The van der Waals surface area contributed by atoms with Crippen LogP contribution in [0.2, 0.25) is 0 Å². The number of halogens is 1. The highest BCUT2D eigenvalue weighted by Crippen LogP contribution is 2.29. The van der Waals surface area contributed by atoms with Crippen molar-refractivity contribution in [2.75, 3.05) is 0 Å². The lowest BCUT2D eigenvalue weighted by Gasteiger charge is -2.15. The fraction of sp³-hybridized carbons (Fsp3) is 0.500. The molecular weight excluding hydrogens is 238 g/mol. The van der Waals surface area contributed by atoms with E-state index in [1.807, 2.05) is 0 Å². The summed E-state index contributed by atoms with van der Waals surface area (Å²) in [5.74, 6) is 0. The summed E-state index contributed by atoms with van der Waals surface area (Å²) in [6.07, 6.45) is 2.17. The Bertz CT molecular complexity index is 320. The van der Waals surface area contributed by atoms with Gasteiger partial charge in [0.25, 0.3) is 0 Å². The van der Waals surface area contributed by atoms with Crippen LogP contribution in [0.25, 0.3) is 0 Å². The average Bonchev–Trinajstić information content (AvgIpc) is 2.11. The molecule has 0 bridgehead atoms. The number of benzene rings is 1. The van der Waals surface area contributed by atoms with E-state index in [1.165, 1.54) is 21.2 Å². The van der Waals surface area contributed by atoms with Crippen molar-refractivity contribution in [3.63, 3.8) is 0 Å². The number of hydrogen-bond donors (Lipinski definition) is 1. The van der Waals surface area contributed by atoms with E-state index in [2.05, 4.69) is 48.8 Å². The number of aryl methyl sites for hydroxylation is 2. The van der Waals surface area contributed by atoms with E-state index in [0.29, 0.717) is 0 Å². The van der Waals surface area contributed by atoms with Crippen LogP contribution in [0.15, 0.2) is 16.6 Å². The first-order valence-electron chi connectivity index (χ1n) is 5.08. The SMILES string of the molecule is CCCC(N)c1cc(C)cc(C)c1Br. The highest BCUT2D eigenvalue weighted by atomic mass is 79.9. The summed E-state index contributed by atoms with van der Waals surface area (Å²) in [6.45, 7) is 6.39. The maximum absolute atomic E-state index is 6.11. The normalized spacial score (nSPS) is 12.9. The summed E-state index contributed by atoms with van der Waals surface area (Å²) >= 11 is 3.60. The van der Waals surface area contributed by atoms with Crippen LogP contribution in [0.4, 0.5) is 0 Å². The maximum Gasteiger partial charge on any atom is 0.0306 e. The van der Waals surface area contributed by atoms with Crippen molar-refractivity contribution in [3.8, 4) is 0 Å². The quantitative estimate of drug-likeness (QED) is 0.872. The first-order valence-corrected chi connectivity index (χ1v) is 5.87. The van der Waals surface area contributed by atoms with E-state index < -0.39 is 0 Å². The predicted octanol–water partition coefficient (Wildman–Crippen LogP) is 3.87. The standard InChI is InChI=1S/C12H18BrN/c1-4-5-11(14)10-7-8(2)6-9(3)12(10)13/h6-7,11H,4-5,14H2,1-3H3. The Morgan fingerprint density at radius 3 is 2.57 bits per heavy atom. The minimum Gasteiger partial charge on any atom is -0.324 e. The van der Waals surface area contributed by atoms with Gasteiger partial charge in [0.2, 0.25) is 0 Å². The Hall–Kier alpha value is -0.340. The van der Waals surface area contributed by atoms with Gasteiger partial charge < -0.3 is 5.73 Å². The molecule has 1 aromatic rings. The third-order valence-electron chi connectivity index (χ3n) is 2.43. The molecule has 1 nitrogen and oxygen atoms in total. The summed E-state index contributed by atoms with van der Waals surface area (Å²) in [4.78, 5) is 0. The lowest BCUT2D eigenvalue weighted by atomic mass is 9.99. The molecule has 1 aromatic carbocycles. The molecule has 2 N–H and O–H groups in total. The average molecular weight is 256 g/mol. The van der Waals surface area contributed by atoms with Crippen LogP contribution in [0.5, 0.6) is 0 Å². The molecule has 0 spiro atoms. The van der Waals surface area contributed by atoms with Gasteiger partial charge in [-0.05, 0) is 31.4 Å². The molecule has 1 rings (SSSR count). The van der Waals surface area contributed by atoms with Crippen molar-refractivity contribution < 1.29 is 0 Å². The van der Waals surface area contributed by atoms with Gasteiger partial charge in [0.1, 0.15) is 0 Å². The molecule has 1 atom stereocenters. The number of nitrogens with two attached hydrogens (primary N) is 1. The molecule has 78 valence electrons. The highest BCUT2D eigenvalue weighted by molar-refractivity contribution is 9.10. The van der Waals surface area contributed by atoms with Crippen molar-refractivity contribution in [2.24, 2.45) is 5.73 Å². The second-order valence-electron chi connectivity index (χ2n) is 3.88. The number of rotatable bonds is 3. The van der Waals surface area contributed by atoms with E-state index in [9.17, 15) is 0 Å². The summed E-state index contributed by atoms with van der Waals surface area (Å²) in [5.41, 5.74) is 9.91. The Morgan fingerprint density at radius 2 is 2.00 bits per heavy atom. The van der Waals surface area contributed by atoms with Crippen molar-refractivity contribution >= 4 is 15.9 Å².